The summed E-state index contributed by atoms with van der Waals surface area (Å²) in [7, 11) is 0. The number of hydrogen-bond donors (Lipinski definition) is 1. The fraction of sp³-hybridized carbons (Fsp3) is 0.684. The van der Waals surface area contributed by atoms with Crippen molar-refractivity contribution in [1.82, 2.24) is 4.90 Å². The molecule has 2 unspecified atom stereocenters. The SMILES string of the molecule is CC(C)(C)c1ccc(C2C(N)CCCN2C(C)(C)C)cc1. The van der Waals surface area contributed by atoms with Crippen LogP contribution in [0.2, 0.25) is 0 Å². The van der Waals surface area contributed by atoms with Crippen molar-refractivity contribution in [3.8, 4) is 0 Å². The summed E-state index contributed by atoms with van der Waals surface area (Å²) in [5.74, 6) is 0. The summed E-state index contributed by atoms with van der Waals surface area (Å²) >= 11 is 0. The van der Waals surface area contributed by atoms with E-state index in [0.29, 0.717) is 6.04 Å². The van der Waals surface area contributed by atoms with E-state index in [1.807, 2.05) is 0 Å². The number of piperidine rings is 1. The number of hydrogen-bond acceptors (Lipinski definition) is 2. The maximum Gasteiger partial charge on any atom is 0.0504 e. The first-order valence-electron chi connectivity index (χ1n) is 8.23. The molecule has 21 heavy (non-hydrogen) atoms. The molecule has 2 rings (SSSR count). The van der Waals surface area contributed by atoms with Gasteiger partial charge in [0, 0.05) is 11.6 Å². The average Bonchev–Trinajstić information content (AvgIpc) is 2.36. The molecule has 2 nitrogen and oxygen atoms in total. The molecule has 0 aromatic heterocycles. The molecule has 0 saturated carbocycles. The highest BCUT2D eigenvalue weighted by Gasteiger charge is 2.36. The zero-order valence-electron chi connectivity index (χ0n) is 14.6. The minimum Gasteiger partial charge on any atom is -0.326 e. The lowest BCUT2D eigenvalue weighted by Crippen LogP contribution is -2.53. The Labute approximate surface area is 130 Å². The Morgan fingerprint density at radius 1 is 1.00 bits per heavy atom. The van der Waals surface area contributed by atoms with Gasteiger partial charge in [-0.3, -0.25) is 4.90 Å². The second kappa shape index (κ2) is 5.73. The van der Waals surface area contributed by atoms with Crippen molar-refractivity contribution in [1.29, 1.82) is 0 Å². The summed E-state index contributed by atoms with van der Waals surface area (Å²) in [6.07, 6.45) is 2.33. The molecule has 2 atom stereocenters. The smallest absolute Gasteiger partial charge is 0.0504 e. The second-order valence-corrected chi connectivity index (χ2v) is 8.49. The molecule has 2 heteroatoms. The predicted octanol–water partition coefficient (Wildman–Crippen LogP) is 4.25. The lowest BCUT2D eigenvalue weighted by atomic mass is 9.83. The van der Waals surface area contributed by atoms with Gasteiger partial charge in [-0.2, -0.15) is 0 Å². The third-order valence-corrected chi connectivity index (χ3v) is 4.66. The highest BCUT2D eigenvalue weighted by atomic mass is 15.2. The number of likely N-dealkylation sites (tertiary alicyclic amines) is 1. The van der Waals surface area contributed by atoms with Crippen LogP contribution in [0.4, 0.5) is 0 Å². The van der Waals surface area contributed by atoms with Crippen LogP contribution in [-0.2, 0) is 5.41 Å². The van der Waals surface area contributed by atoms with Crippen LogP contribution < -0.4 is 5.73 Å². The maximum absolute atomic E-state index is 6.48. The molecule has 1 fully saturated rings. The number of nitrogens with two attached hydrogens (primary N) is 1. The van der Waals surface area contributed by atoms with Gasteiger partial charge in [-0.15, -0.1) is 0 Å². The van der Waals surface area contributed by atoms with E-state index in [1.54, 1.807) is 0 Å². The van der Waals surface area contributed by atoms with Gasteiger partial charge in [0.1, 0.15) is 0 Å². The Hall–Kier alpha value is -0.860. The van der Waals surface area contributed by atoms with E-state index in [1.165, 1.54) is 17.5 Å². The van der Waals surface area contributed by atoms with Crippen molar-refractivity contribution in [2.45, 2.75) is 77.4 Å². The third-order valence-electron chi connectivity index (χ3n) is 4.66. The van der Waals surface area contributed by atoms with Crippen LogP contribution in [0, 0.1) is 0 Å². The van der Waals surface area contributed by atoms with E-state index in [-0.39, 0.29) is 17.0 Å². The molecule has 0 aliphatic carbocycles. The van der Waals surface area contributed by atoms with E-state index in [2.05, 4.69) is 70.7 Å². The van der Waals surface area contributed by atoms with Crippen LogP contribution in [0.15, 0.2) is 24.3 Å². The van der Waals surface area contributed by atoms with Gasteiger partial charge in [0.2, 0.25) is 0 Å². The minimum absolute atomic E-state index is 0.158. The van der Waals surface area contributed by atoms with Crippen molar-refractivity contribution < 1.29 is 0 Å². The zero-order chi connectivity index (χ0) is 15.8. The first-order chi connectivity index (χ1) is 9.60. The van der Waals surface area contributed by atoms with Crippen LogP contribution >= 0.6 is 0 Å². The highest BCUT2D eigenvalue weighted by Crippen LogP contribution is 2.36. The Kier molecular flexibility index (Phi) is 4.51. The summed E-state index contributed by atoms with van der Waals surface area (Å²) in [5.41, 5.74) is 9.60. The van der Waals surface area contributed by atoms with Gasteiger partial charge in [0.25, 0.3) is 0 Å². The second-order valence-electron chi connectivity index (χ2n) is 8.49. The standard InChI is InChI=1S/C19H32N2/c1-18(2,3)15-11-9-14(10-12-15)17-16(20)8-7-13-21(17)19(4,5)6/h9-12,16-17H,7-8,13,20H2,1-6H3. The maximum atomic E-state index is 6.48. The van der Waals surface area contributed by atoms with Crippen LogP contribution in [-0.4, -0.2) is 23.0 Å². The largest absolute Gasteiger partial charge is 0.326 e. The van der Waals surface area contributed by atoms with Crippen LogP contribution in [0.3, 0.4) is 0 Å². The van der Waals surface area contributed by atoms with Crippen LogP contribution in [0.25, 0.3) is 0 Å². The molecule has 1 aromatic rings. The molecular weight excluding hydrogens is 256 g/mol. The molecule has 0 amide bonds. The van der Waals surface area contributed by atoms with E-state index in [4.69, 9.17) is 5.73 Å². The summed E-state index contributed by atoms with van der Waals surface area (Å²) < 4.78 is 0. The van der Waals surface area contributed by atoms with Crippen molar-refractivity contribution in [2.75, 3.05) is 6.54 Å². The van der Waals surface area contributed by atoms with Crippen molar-refractivity contribution in [3.63, 3.8) is 0 Å². The van der Waals surface area contributed by atoms with Crippen LogP contribution in [0.1, 0.15) is 71.6 Å². The van der Waals surface area contributed by atoms with E-state index < -0.39 is 0 Å². The fourth-order valence-corrected chi connectivity index (χ4v) is 3.39. The summed E-state index contributed by atoms with van der Waals surface area (Å²) in [5, 5.41) is 0. The summed E-state index contributed by atoms with van der Waals surface area (Å²) in [6, 6.07) is 9.70. The number of nitrogens with zero attached hydrogens (tertiary/aromatic N) is 1. The first kappa shape index (κ1) is 16.5. The Balaban J connectivity index is 2.32. The minimum atomic E-state index is 0.158. The molecule has 0 spiro atoms. The lowest BCUT2D eigenvalue weighted by Gasteiger charge is -2.47. The molecule has 1 saturated heterocycles. The Morgan fingerprint density at radius 3 is 2.05 bits per heavy atom. The van der Waals surface area contributed by atoms with Crippen molar-refractivity contribution >= 4 is 0 Å². The third kappa shape index (κ3) is 3.67. The van der Waals surface area contributed by atoms with Crippen LogP contribution in [0.5, 0.6) is 0 Å². The van der Waals surface area contributed by atoms with Gasteiger partial charge in [-0.25, -0.2) is 0 Å². The van der Waals surface area contributed by atoms with E-state index in [0.717, 1.165) is 13.0 Å². The van der Waals surface area contributed by atoms with Gasteiger partial charge >= 0.3 is 0 Å². The number of rotatable bonds is 1. The van der Waals surface area contributed by atoms with Gasteiger partial charge in [-0.05, 0) is 56.7 Å². The van der Waals surface area contributed by atoms with Gasteiger partial charge in [0.05, 0.1) is 6.04 Å². The van der Waals surface area contributed by atoms with E-state index in [9.17, 15) is 0 Å². The van der Waals surface area contributed by atoms with E-state index >= 15 is 0 Å². The van der Waals surface area contributed by atoms with Crippen molar-refractivity contribution in [3.05, 3.63) is 35.4 Å². The normalized spacial score (nSPS) is 25.1. The molecule has 0 bridgehead atoms. The topological polar surface area (TPSA) is 29.3 Å². The average molecular weight is 288 g/mol. The molecule has 1 aliphatic rings. The lowest BCUT2D eigenvalue weighted by molar-refractivity contribution is 0.0384. The van der Waals surface area contributed by atoms with Gasteiger partial charge in [-0.1, -0.05) is 45.0 Å². The zero-order valence-corrected chi connectivity index (χ0v) is 14.6. The van der Waals surface area contributed by atoms with Gasteiger partial charge in [0.15, 0.2) is 0 Å². The highest BCUT2D eigenvalue weighted by molar-refractivity contribution is 5.30. The van der Waals surface area contributed by atoms with Crippen molar-refractivity contribution in [2.24, 2.45) is 5.73 Å². The first-order valence-corrected chi connectivity index (χ1v) is 8.23. The fourth-order valence-electron chi connectivity index (χ4n) is 3.39. The summed E-state index contributed by atoms with van der Waals surface area (Å²) in [4.78, 5) is 2.58. The monoisotopic (exact) mass is 288 g/mol. The number of benzene rings is 1. The summed E-state index contributed by atoms with van der Waals surface area (Å²) in [6.45, 7) is 14.8. The molecular formula is C19H32N2. The Bertz CT molecular complexity index is 462. The quantitative estimate of drug-likeness (QED) is 0.837. The predicted molar refractivity (Wildman–Crippen MR) is 91.6 cm³/mol. The Morgan fingerprint density at radius 2 is 1.57 bits per heavy atom. The molecule has 2 N–H and O–H groups in total. The molecule has 118 valence electrons. The molecule has 0 radical (unpaired) electrons. The molecule has 1 aromatic carbocycles. The molecule has 1 aliphatic heterocycles. The van der Waals surface area contributed by atoms with Gasteiger partial charge < -0.3 is 5.73 Å². The molecule has 1 heterocycles.